The second kappa shape index (κ2) is 3.23. The summed E-state index contributed by atoms with van der Waals surface area (Å²) in [7, 11) is -2.69. The van der Waals surface area contributed by atoms with Gasteiger partial charge in [-0.05, 0) is 26.0 Å². The van der Waals surface area contributed by atoms with E-state index < -0.39 is 9.73 Å². The summed E-state index contributed by atoms with van der Waals surface area (Å²) in [6, 6.07) is 5.13. The van der Waals surface area contributed by atoms with E-state index in [2.05, 4.69) is 4.98 Å². The molecule has 0 bridgehead atoms. The molecule has 1 aromatic heterocycles. The van der Waals surface area contributed by atoms with E-state index >= 15 is 0 Å². The smallest absolute Gasteiger partial charge is 0.135 e. The van der Waals surface area contributed by atoms with Crippen molar-refractivity contribution in [3.05, 3.63) is 24.4 Å². The molecule has 0 saturated heterocycles. The van der Waals surface area contributed by atoms with Crippen molar-refractivity contribution in [3.63, 3.8) is 0 Å². The number of pyridine rings is 1. The van der Waals surface area contributed by atoms with Crippen LogP contribution in [-0.4, -0.2) is 14.4 Å². The zero-order valence-electron chi connectivity index (χ0n) is 7.15. The maximum absolute atomic E-state index is 11.7. The van der Waals surface area contributed by atoms with Crippen LogP contribution in [0.15, 0.2) is 29.4 Å². The van der Waals surface area contributed by atoms with Gasteiger partial charge in [0.1, 0.15) is 5.03 Å². The molecule has 1 rings (SSSR count). The van der Waals surface area contributed by atoms with Crippen LogP contribution in [0.4, 0.5) is 0 Å². The second-order valence-corrected chi connectivity index (χ2v) is 5.38. The average molecular weight is 184 g/mol. The first kappa shape index (κ1) is 9.19. The molecule has 0 aromatic carbocycles. The van der Waals surface area contributed by atoms with Gasteiger partial charge in [0.15, 0.2) is 0 Å². The van der Waals surface area contributed by atoms with Crippen molar-refractivity contribution in [1.29, 1.82) is 4.78 Å². The molecular weight excluding hydrogens is 172 g/mol. The first-order valence-corrected chi connectivity index (χ1v) is 5.36. The molecule has 12 heavy (non-hydrogen) atoms. The molecule has 0 aliphatic rings. The molecule has 1 aromatic rings. The minimum atomic E-state index is -2.69. The summed E-state index contributed by atoms with van der Waals surface area (Å²) in [6.07, 6.45) is 1.56. The fraction of sp³-hybridized carbons (Fsp3) is 0.375. The lowest BCUT2D eigenvalue weighted by molar-refractivity contribution is 0.664. The average Bonchev–Trinajstić information content (AvgIpc) is 2.06. The van der Waals surface area contributed by atoms with E-state index in [0.29, 0.717) is 5.03 Å². The predicted molar refractivity (Wildman–Crippen MR) is 48.5 cm³/mol. The predicted octanol–water partition coefficient (Wildman–Crippen LogP) is 1.90. The largest absolute Gasteiger partial charge is 0.247 e. The van der Waals surface area contributed by atoms with Gasteiger partial charge in [-0.1, -0.05) is 6.07 Å². The van der Waals surface area contributed by atoms with Crippen LogP contribution in [0.2, 0.25) is 0 Å². The lowest BCUT2D eigenvalue weighted by atomic mass is 10.5. The van der Waals surface area contributed by atoms with Crippen molar-refractivity contribution in [1.82, 2.24) is 4.98 Å². The van der Waals surface area contributed by atoms with Crippen LogP contribution in [0.1, 0.15) is 13.8 Å². The normalized spacial score (nSPS) is 15.9. The van der Waals surface area contributed by atoms with Gasteiger partial charge in [0, 0.05) is 11.4 Å². The third kappa shape index (κ3) is 1.64. The van der Waals surface area contributed by atoms with Crippen molar-refractivity contribution in [2.45, 2.75) is 24.1 Å². The van der Waals surface area contributed by atoms with Crippen LogP contribution >= 0.6 is 0 Å². The highest BCUT2D eigenvalue weighted by Gasteiger charge is 2.14. The quantitative estimate of drug-likeness (QED) is 0.763. The summed E-state index contributed by atoms with van der Waals surface area (Å²) >= 11 is 0. The van der Waals surface area contributed by atoms with Crippen molar-refractivity contribution in [2.24, 2.45) is 0 Å². The molecule has 1 N–H and O–H groups in total. The Morgan fingerprint density at radius 3 is 2.58 bits per heavy atom. The minimum Gasteiger partial charge on any atom is -0.247 e. The van der Waals surface area contributed by atoms with Crippen LogP contribution in [-0.2, 0) is 9.73 Å². The summed E-state index contributed by atoms with van der Waals surface area (Å²) < 4.78 is 19.3. The van der Waals surface area contributed by atoms with Gasteiger partial charge in [0.05, 0.1) is 9.73 Å². The van der Waals surface area contributed by atoms with Gasteiger partial charge in [-0.2, -0.15) is 0 Å². The molecule has 0 amide bonds. The van der Waals surface area contributed by atoms with E-state index in [1.165, 1.54) is 0 Å². The number of hydrogen-bond donors (Lipinski definition) is 1. The lowest BCUT2D eigenvalue weighted by Gasteiger charge is -2.08. The molecule has 0 fully saturated rings. The standard InChI is InChI=1S/C8H12N2OS/c1-7(2)12(9,11)8-5-3-4-6-10-8/h3-7,9H,1-2H3. The van der Waals surface area contributed by atoms with E-state index in [1.54, 1.807) is 38.2 Å². The first-order chi connectivity index (χ1) is 5.55. The van der Waals surface area contributed by atoms with Crippen LogP contribution in [0.3, 0.4) is 0 Å². The molecular formula is C8H12N2OS. The van der Waals surface area contributed by atoms with Crippen molar-refractivity contribution < 1.29 is 4.21 Å². The third-order valence-electron chi connectivity index (χ3n) is 1.61. The zero-order valence-corrected chi connectivity index (χ0v) is 7.97. The van der Waals surface area contributed by atoms with Crippen molar-refractivity contribution in [2.75, 3.05) is 0 Å². The monoisotopic (exact) mass is 184 g/mol. The summed E-state index contributed by atoms with van der Waals surface area (Å²) in [5.41, 5.74) is 0. The first-order valence-electron chi connectivity index (χ1n) is 3.74. The Kier molecular flexibility index (Phi) is 2.47. The molecule has 0 radical (unpaired) electrons. The number of nitrogens with one attached hydrogen (secondary N) is 1. The molecule has 0 aliphatic carbocycles. The lowest BCUT2D eigenvalue weighted by Crippen LogP contribution is -2.13. The molecule has 4 heteroatoms. The van der Waals surface area contributed by atoms with Gasteiger partial charge in [0.25, 0.3) is 0 Å². The minimum absolute atomic E-state index is 0.188. The Bertz CT molecular complexity index is 343. The van der Waals surface area contributed by atoms with E-state index in [4.69, 9.17) is 4.78 Å². The molecule has 3 nitrogen and oxygen atoms in total. The fourth-order valence-corrected chi connectivity index (χ4v) is 1.75. The molecule has 0 saturated carbocycles. The van der Waals surface area contributed by atoms with E-state index in [1.807, 2.05) is 0 Å². The Balaban J connectivity index is 3.17. The second-order valence-electron chi connectivity index (χ2n) is 2.82. The summed E-state index contributed by atoms with van der Waals surface area (Å²) in [5.74, 6) is 0. The van der Waals surface area contributed by atoms with Gasteiger partial charge < -0.3 is 0 Å². The fourth-order valence-electron chi connectivity index (χ4n) is 0.768. The molecule has 0 spiro atoms. The zero-order chi connectivity index (χ0) is 9.19. The van der Waals surface area contributed by atoms with E-state index in [9.17, 15) is 4.21 Å². The third-order valence-corrected chi connectivity index (χ3v) is 3.80. The van der Waals surface area contributed by atoms with Gasteiger partial charge in [-0.3, -0.25) is 0 Å². The summed E-state index contributed by atoms with van der Waals surface area (Å²) in [6.45, 7) is 3.54. The number of nitrogens with zero attached hydrogens (tertiary/aromatic N) is 1. The highest BCUT2D eigenvalue weighted by atomic mass is 32.2. The maximum atomic E-state index is 11.7. The van der Waals surface area contributed by atoms with Crippen molar-refractivity contribution in [3.8, 4) is 0 Å². The summed E-state index contributed by atoms with van der Waals surface area (Å²) in [4.78, 5) is 3.91. The van der Waals surface area contributed by atoms with Gasteiger partial charge >= 0.3 is 0 Å². The molecule has 66 valence electrons. The summed E-state index contributed by atoms with van der Waals surface area (Å²) in [5, 5.41) is 0.187. The Morgan fingerprint density at radius 1 is 1.50 bits per heavy atom. The topological polar surface area (TPSA) is 53.8 Å². The van der Waals surface area contributed by atoms with Gasteiger partial charge in [-0.15, -0.1) is 0 Å². The number of aromatic nitrogens is 1. The SMILES string of the molecule is CC(C)S(=N)(=O)c1ccccn1. The molecule has 0 aliphatic heterocycles. The Morgan fingerprint density at radius 2 is 2.17 bits per heavy atom. The van der Waals surface area contributed by atoms with E-state index in [0.717, 1.165) is 0 Å². The molecule has 1 heterocycles. The van der Waals surface area contributed by atoms with Gasteiger partial charge in [-0.25, -0.2) is 14.0 Å². The number of rotatable bonds is 2. The maximum Gasteiger partial charge on any atom is 0.135 e. The highest BCUT2D eigenvalue weighted by Crippen LogP contribution is 2.12. The Labute approximate surface area is 72.8 Å². The van der Waals surface area contributed by atoms with Crippen LogP contribution in [0.5, 0.6) is 0 Å². The Hall–Kier alpha value is -0.900. The van der Waals surface area contributed by atoms with Crippen LogP contribution < -0.4 is 0 Å². The number of hydrogen-bond acceptors (Lipinski definition) is 3. The van der Waals surface area contributed by atoms with Gasteiger partial charge in [0.2, 0.25) is 0 Å². The van der Waals surface area contributed by atoms with Crippen molar-refractivity contribution >= 4 is 9.73 Å². The van der Waals surface area contributed by atoms with E-state index in [-0.39, 0.29) is 5.25 Å². The highest BCUT2D eigenvalue weighted by molar-refractivity contribution is 7.92. The molecule has 1 unspecified atom stereocenters. The van der Waals surface area contributed by atoms with Crippen LogP contribution in [0, 0.1) is 4.78 Å². The molecule has 1 atom stereocenters. The van der Waals surface area contributed by atoms with Crippen LogP contribution in [0.25, 0.3) is 0 Å².